The summed E-state index contributed by atoms with van der Waals surface area (Å²) < 4.78 is 5.11. The van der Waals surface area contributed by atoms with Crippen LogP contribution in [-0.4, -0.2) is 7.11 Å². The molecule has 0 aliphatic heterocycles. The van der Waals surface area contributed by atoms with Crippen LogP contribution >= 0.6 is 0 Å². The molecule has 3 rings (SSSR count). The van der Waals surface area contributed by atoms with E-state index in [1.54, 1.807) is 7.11 Å². The van der Waals surface area contributed by atoms with Gasteiger partial charge in [-0.05, 0) is 23.3 Å². The van der Waals surface area contributed by atoms with E-state index in [-0.39, 0.29) is 5.43 Å². The molecular formula is C16H12O2. The molecule has 0 bridgehead atoms. The summed E-state index contributed by atoms with van der Waals surface area (Å²) >= 11 is 0. The first kappa shape index (κ1) is 10.8. The molecule has 0 unspecified atom stereocenters. The Morgan fingerprint density at radius 1 is 0.778 bits per heavy atom. The molecule has 0 aliphatic carbocycles. The van der Waals surface area contributed by atoms with E-state index in [0.717, 1.165) is 28.0 Å². The molecule has 0 fully saturated rings. The van der Waals surface area contributed by atoms with Crippen LogP contribution in [0.3, 0.4) is 0 Å². The molecule has 0 aliphatic rings. The van der Waals surface area contributed by atoms with E-state index in [9.17, 15) is 4.79 Å². The molecule has 0 atom stereocenters. The van der Waals surface area contributed by atoms with Crippen LogP contribution in [0.25, 0.3) is 22.3 Å². The Balaban J connectivity index is 1.97. The second kappa shape index (κ2) is 4.15. The first-order valence-corrected chi connectivity index (χ1v) is 5.80. The minimum absolute atomic E-state index is 0.145. The lowest BCUT2D eigenvalue weighted by Crippen LogP contribution is -1.82. The van der Waals surface area contributed by atoms with Crippen LogP contribution in [0.15, 0.2) is 59.4 Å². The van der Waals surface area contributed by atoms with E-state index in [1.165, 1.54) is 0 Å². The minimum atomic E-state index is 0.145. The van der Waals surface area contributed by atoms with E-state index in [2.05, 4.69) is 0 Å². The standard InChI is InChI=1S/C16H12O2/c1-18-13-9-7-12(8-10-13)15-14(16(15)17)11-5-3-2-4-6-11/h2-10H,1H3. The normalized spacial score (nSPS) is 10.7. The fourth-order valence-corrected chi connectivity index (χ4v) is 2.08. The van der Waals surface area contributed by atoms with Crippen LogP contribution in [0.2, 0.25) is 0 Å². The Hall–Kier alpha value is -2.35. The summed E-state index contributed by atoms with van der Waals surface area (Å²) in [5.74, 6) is 0.800. The van der Waals surface area contributed by atoms with Gasteiger partial charge < -0.3 is 4.74 Å². The summed E-state index contributed by atoms with van der Waals surface area (Å²) in [5.41, 5.74) is 3.75. The van der Waals surface area contributed by atoms with E-state index < -0.39 is 0 Å². The average molecular weight is 236 g/mol. The van der Waals surface area contributed by atoms with Crippen molar-refractivity contribution in [2.45, 2.75) is 0 Å². The van der Waals surface area contributed by atoms with Gasteiger partial charge in [-0.3, -0.25) is 4.79 Å². The van der Waals surface area contributed by atoms with Gasteiger partial charge in [-0.25, -0.2) is 0 Å². The lowest BCUT2D eigenvalue weighted by Gasteiger charge is -1.99. The number of methoxy groups -OCH3 is 1. The van der Waals surface area contributed by atoms with Crippen molar-refractivity contribution in [2.24, 2.45) is 0 Å². The Morgan fingerprint density at radius 3 is 1.89 bits per heavy atom. The van der Waals surface area contributed by atoms with E-state index >= 15 is 0 Å². The maximum absolute atomic E-state index is 11.9. The zero-order chi connectivity index (χ0) is 12.5. The maximum atomic E-state index is 11.9. The molecule has 18 heavy (non-hydrogen) atoms. The van der Waals surface area contributed by atoms with Crippen molar-refractivity contribution >= 4 is 0 Å². The summed E-state index contributed by atoms with van der Waals surface area (Å²) in [7, 11) is 1.63. The number of benzene rings is 2. The molecule has 0 radical (unpaired) electrons. The van der Waals surface area contributed by atoms with E-state index in [1.807, 2.05) is 54.6 Å². The number of hydrogen-bond acceptors (Lipinski definition) is 2. The van der Waals surface area contributed by atoms with Gasteiger partial charge in [-0.1, -0.05) is 42.5 Å². The number of rotatable bonds is 3. The highest BCUT2D eigenvalue weighted by Crippen LogP contribution is 2.34. The summed E-state index contributed by atoms with van der Waals surface area (Å²) in [4.78, 5) is 11.9. The lowest BCUT2D eigenvalue weighted by molar-refractivity contribution is 0.415. The van der Waals surface area contributed by atoms with Crippen molar-refractivity contribution in [1.82, 2.24) is 0 Å². The van der Waals surface area contributed by atoms with Crippen molar-refractivity contribution in [2.75, 3.05) is 7.11 Å². The van der Waals surface area contributed by atoms with Crippen molar-refractivity contribution in [3.05, 3.63) is 64.8 Å². The fourth-order valence-electron chi connectivity index (χ4n) is 2.08. The smallest absolute Gasteiger partial charge is 0.195 e. The highest BCUT2D eigenvalue weighted by Gasteiger charge is 2.24. The van der Waals surface area contributed by atoms with Gasteiger partial charge in [-0.15, -0.1) is 0 Å². The van der Waals surface area contributed by atoms with Crippen molar-refractivity contribution in [1.29, 1.82) is 0 Å². The molecule has 0 amide bonds. The van der Waals surface area contributed by atoms with Gasteiger partial charge in [-0.2, -0.15) is 0 Å². The molecule has 0 N–H and O–H groups in total. The predicted molar refractivity (Wildman–Crippen MR) is 72.5 cm³/mol. The molecule has 88 valence electrons. The highest BCUT2D eigenvalue weighted by molar-refractivity contribution is 5.94. The molecule has 0 aromatic heterocycles. The van der Waals surface area contributed by atoms with Gasteiger partial charge in [0.2, 0.25) is 0 Å². The van der Waals surface area contributed by atoms with Crippen LogP contribution < -0.4 is 10.2 Å². The minimum Gasteiger partial charge on any atom is -0.497 e. The van der Waals surface area contributed by atoms with Crippen LogP contribution in [0.5, 0.6) is 5.75 Å². The quantitative estimate of drug-likeness (QED) is 0.697. The van der Waals surface area contributed by atoms with Gasteiger partial charge in [0, 0.05) is 11.1 Å². The van der Waals surface area contributed by atoms with Gasteiger partial charge in [0.05, 0.1) is 7.11 Å². The first-order valence-electron chi connectivity index (χ1n) is 5.80. The molecular weight excluding hydrogens is 224 g/mol. The fraction of sp³-hybridized carbons (Fsp3) is 0.0625. The zero-order valence-electron chi connectivity index (χ0n) is 10.0. The topological polar surface area (TPSA) is 26.3 Å². The van der Waals surface area contributed by atoms with Gasteiger partial charge in [0.15, 0.2) is 5.43 Å². The van der Waals surface area contributed by atoms with Crippen LogP contribution in [0, 0.1) is 0 Å². The molecule has 0 spiro atoms. The summed E-state index contributed by atoms with van der Waals surface area (Å²) in [6, 6.07) is 17.3. The molecule has 0 saturated carbocycles. The molecule has 2 heteroatoms. The highest BCUT2D eigenvalue weighted by atomic mass is 16.5. The molecule has 3 aromatic rings. The number of hydrogen-bond donors (Lipinski definition) is 0. The maximum Gasteiger partial charge on any atom is 0.195 e. The molecule has 0 heterocycles. The van der Waals surface area contributed by atoms with Gasteiger partial charge in [0.25, 0.3) is 0 Å². The van der Waals surface area contributed by atoms with E-state index in [4.69, 9.17) is 4.74 Å². The Bertz CT molecular complexity index is 672. The second-order valence-corrected chi connectivity index (χ2v) is 4.17. The lowest BCUT2D eigenvalue weighted by atomic mass is 10.1. The van der Waals surface area contributed by atoms with Crippen LogP contribution in [0.1, 0.15) is 0 Å². The zero-order valence-corrected chi connectivity index (χ0v) is 10.0. The number of ether oxygens (including phenoxy) is 1. The average Bonchev–Trinajstić information content (AvgIpc) is 3.11. The summed E-state index contributed by atoms with van der Waals surface area (Å²) in [5, 5.41) is 0. The van der Waals surface area contributed by atoms with Crippen LogP contribution in [-0.2, 0) is 0 Å². The van der Waals surface area contributed by atoms with E-state index in [0.29, 0.717) is 0 Å². The van der Waals surface area contributed by atoms with Crippen molar-refractivity contribution < 1.29 is 4.74 Å². The molecule has 3 aromatic carbocycles. The third-order valence-corrected chi connectivity index (χ3v) is 3.08. The summed E-state index contributed by atoms with van der Waals surface area (Å²) in [6.07, 6.45) is 0. The van der Waals surface area contributed by atoms with Crippen LogP contribution in [0.4, 0.5) is 0 Å². The largest absolute Gasteiger partial charge is 0.497 e. The third kappa shape index (κ3) is 1.72. The summed E-state index contributed by atoms with van der Waals surface area (Å²) in [6.45, 7) is 0. The Labute approximate surface area is 105 Å². The Morgan fingerprint density at radius 2 is 1.33 bits per heavy atom. The van der Waals surface area contributed by atoms with Gasteiger partial charge >= 0.3 is 0 Å². The molecule has 2 nitrogen and oxygen atoms in total. The monoisotopic (exact) mass is 236 g/mol. The Kier molecular flexibility index (Phi) is 2.49. The predicted octanol–water partition coefficient (Wildman–Crippen LogP) is 3.27. The third-order valence-electron chi connectivity index (χ3n) is 3.08. The van der Waals surface area contributed by atoms with Crippen molar-refractivity contribution in [3.8, 4) is 28.0 Å². The molecule has 0 saturated heterocycles. The van der Waals surface area contributed by atoms with Gasteiger partial charge in [0.1, 0.15) is 5.75 Å². The second-order valence-electron chi connectivity index (χ2n) is 4.17. The van der Waals surface area contributed by atoms with Crippen molar-refractivity contribution in [3.63, 3.8) is 0 Å². The first-order chi connectivity index (χ1) is 8.81. The SMILES string of the molecule is COc1ccc(-c2c(-c3ccccc3)c2=O)cc1.